The van der Waals surface area contributed by atoms with Gasteiger partial charge in [-0.2, -0.15) is 5.10 Å². The molecule has 2 amide bonds. The Hall–Kier alpha value is -3.97. The molecule has 4 heterocycles. The Kier molecular flexibility index (Phi) is 5.99. The van der Waals surface area contributed by atoms with Crippen LogP contribution in [0.2, 0.25) is 0 Å². The van der Waals surface area contributed by atoms with Crippen LogP contribution in [0.15, 0.2) is 79.1 Å². The smallest absolute Gasteiger partial charge is 0.317 e. The summed E-state index contributed by atoms with van der Waals surface area (Å²) < 4.78 is 0. The number of amides is 2. The Labute approximate surface area is 211 Å². The maximum Gasteiger partial charge on any atom is 0.317 e. The first kappa shape index (κ1) is 22.5. The summed E-state index contributed by atoms with van der Waals surface area (Å²) in [6, 6.07) is 23.0. The van der Waals surface area contributed by atoms with Gasteiger partial charge in [0, 0.05) is 61.2 Å². The Balaban J connectivity index is 1.22. The fourth-order valence-electron chi connectivity index (χ4n) is 5.63. The molecule has 0 bridgehead atoms. The number of hydrogen-bond donors (Lipinski definition) is 2. The predicted molar refractivity (Wildman–Crippen MR) is 140 cm³/mol. The number of likely N-dealkylation sites (tertiary alicyclic amines) is 1. The lowest BCUT2D eigenvalue weighted by molar-refractivity contribution is 0.187. The van der Waals surface area contributed by atoms with E-state index in [0.717, 1.165) is 42.0 Å². The van der Waals surface area contributed by atoms with Crippen molar-refractivity contribution in [3.63, 3.8) is 0 Å². The Bertz CT molecular complexity index is 1350. The first-order chi connectivity index (χ1) is 17.7. The van der Waals surface area contributed by atoms with E-state index < -0.39 is 0 Å². The number of carbonyl (C=O) groups excluding carboxylic acids is 1. The molecule has 2 aromatic carbocycles. The van der Waals surface area contributed by atoms with Crippen LogP contribution in [0.4, 0.5) is 4.79 Å². The normalized spacial score (nSPS) is 19.8. The first-order valence-corrected chi connectivity index (χ1v) is 12.5. The highest BCUT2D eigenvalue weighted by Crippen LogP contribution is 2.35. The van der Waals surface area contributed by atoms with Gasteiger partial charge in [-0.15, -0.1) is 0 Å². The zero-order chi connectivity index (χ0) is 24.5. The average molecular weight is 479 g/mol. The third-order valence-corrected chi connectivity index (χ3v) is 7.43. The summed E-state index contributed by atoms with van der Waals surface area (Å²) in [6.07, 6.45) is 4.31. The number of hydrogen-bond acceptors (Lipinski definition) is 4. The summed E-state index contributed by atoms with van der Waals surface area (Å²) in [7, 11) is 2.13. The van der Waals surface area contributed by atoms with E-state index >= 15 is 0 Å². The van der Waals surface area contributed by atoms with Crippen LogP contribution in [0.3, 0.4) is 0 Å². The maximum absolute atomic E-state index is 13.5. The van der Waals surface area contributed by atoms with Crippen molar-refractivity contribution in [3.05, 3.63) is 95.9 Å². The van der Waals surface area contributed by atoms with Crippen molar-refractivity contribution in [2.24, 2.45) is 0 Å². The van der Waals surface area contributed by atoms with Crippen LogP contribution in [-0.2, 0) is 13.0 Å². The molecule has 2 N–H and O–H groups in total. The molecule has 0 saturated carbocycles. The van der Waals surface area contributed by atoms with Gasteiger partial charge in [0.2, 0.25) is 0 Å². The number of carbonyl (C=O) groups is 1. The number of likely N-dealkylation sites (N-methyl/N-ethyl adjacent to an activating group) is 1. The Morgan fingerprint density at radius 3 is 2.58 bits per heavy atom. The van der Waals surface area contributed by atoms with Gasteiger partial charge < -0.3 is 15.1 Å². The highest BCUT2D eigenvalue weighted by Gasteiger charge is 2.36. The van der Waals surface area contributed by atoms with Crippen molar-refractivity contribution in [1.29, 1.82) is 0 Å². The minimum atomic E-state index is -0.00924. The SMILES string of the molecule is CN1C[C@H](NC(=O)N2CCc3[nH]nc(-c4ccncc4)c3C2)[C@@H](c2ccccc2-c2ccccc2)C1. The van der Waals surface area contributed by atoms with Crippen LogP contribution in [0.1, 0.15) is 22.7 Å². The van der Waals surface area contributed by atoms with E-state index in [1.165, 1.54) is 16.7 Å². The van der Waals surface area contributed by atoms with Gasteiger partial charge in [-0.05, 0) is 35.9 Å². The van der Waals surface area contributed by atoms with Crippen LogP contribution in [0, 0.1) is 0 Å². The van der Waals surface area contributed by atoms with Crippen molar-refractivity contribution >= 4 is 6.03 Å². The van der Waals surface area contributed by atoms with Gasteiger partial charge in [-0.1, -0.05) is 54.6 Å². The molecular weight excluding hydrogens is 448 g/mol. The molecule has 0 radical (unpaired) electrons. The van der Waals surface area contributed by atoms with Crippen molar-refractivity contribution < 1.29 is 4.79 Å². The molecule has 7 heteroatoms. The second-order valence-corrected chi connectivity index (χ2v) is 9.77. The number of rotatable bonds is 4. The molecule has 2 aliphatic heterocycles. The van der Waals surface area contributed by atoms with Crippen molar-refractivity contribution in [3.8, 4) is 22.4 Å². The number of H-pyrrole nitrogens is 1. The van der Waals surface area contributed by atoms with Crippen LogP contribution in [-0.4, -0.2) is 63.7 Å². The zero-order valence-electron chi connectivity index (χ0n) is 20.4. The van der Waals surface area contributed by atoms with E-state index in [-0.39, 0.29) is 18.0 Å². The number of nitrogens with zero attached hydrogens (tertiary/aromatic N) is 4. The molecular formula is C29H30N6O. The average Bonchev–Trinajstić information content (AvgIpc) is 3.52. The van der Waals surface area contributed by atoms with Crippen LogP contribution in [0.25, 0.3) is 22.4 Å². The molecule has 0 spiro atoms. The fourth-order valence-corrected chi connectivity index (χ4v) is 5.63. The standard InChI is InChI=1S/C29H30N6O/c1-34-17-24(23-10-6-5-9-22(23)20-7-3-2-4-8-20)27(19-34)31-29(36)35-16-13-26-25(18-35)28(33-32-26)21-11-14-30-15-12-21/h2-12,14-15,24,27H,13,16-19H2,1H3,(H,31,36)(H,32,33)/t24-,27+/m1/s1. The Morgan fingerprint density at radius 2 is 1.75 bits per heavy atom. The Morgan fingerprint density at radius 1 is 0.972 bits per heavy atom. The molecule has 2 aliphatic rings. The number of benzene rings is 2. The second-order valence-electron chi connectivity index (χ2n) is 9.77. The number of pyridine rings is 1. The highest BCUT2D eigenvalue weighted by atomic mass is 16.2. The van der Waals surface area contributed by atoms with Crippen molar-refractivity contribution in [1.82, 2.24) is 30.3 Å². The van der Waals surface area contributed by atoms with E-state index in [0.29, 0.717) is 13.1 Å². The molecule has 0 unspecified atom stereocenters. The molecule has 36 heavy (non-hydrogen) atoms. The van der Waals surface area contributed by atoms with E-state index in [9.17, 15) is 4.79 Å². The quantitative estimate of drug-likeness (QED) is 0.458. The largest absolute Gasteiger partial charge is 0.333 e. The minimum absolute atomic E-state index is 0.00924. The summed E-state index contributed by atoms with van der Waals surface area (Å²) in [6.45, 7) is 2.95. The van der Waals surface area contributed by atoms with Gasteiger partial charge in [-0.25, -0.2) is 4.79 Å². The van der Waals surface area contributed by atoms with Crippen LogP contribution >= 0.6 is 0 Å². The molecule has 7 nitrogen and oxygen atoms in total. The molecule has 6 rings (SSSR count). The van der Waals surface area contributed by atoms with E-state index in [2.05, 4.69) is 81.0 Å². The van der Waals surface area contributed by atoms with Gasteiger partial charge in [0.1, 0.15) is 0 Å². The summed E-state index contributed by atoms with van der Waals surface area (Å²) in [5.41, 5.74) is 7.85. The van der Waals surface area contributed by atoms with E-state index in [4.69, 9.17) is 0 Å². The second kappa shape index (κ2) is 9.59. The van der Waals surface area contributed by atoms with Crippen LogP contribution < -0.4 is 5.32 Å². The topological polar surface area (TPSA) is 77.2 Å². The van der Waals surface area contributed by atoms with Crippen LogP contribution in [0.5, 0.6) is 0 Å². The summed E-state index contributed by atoms with van der Waals surface area (Å²) in [5, 5.41) is 11.1. The van der Waals surface area contributed by atoms with E-state index in [1.807, 2.05) is 23.1 Å². The van der Waals surface area contributed by atoms with Gasteiger partial charge >= 0.3 is 6.03 Å². The number of aromatic amines is 1. The minimum Gasteiger partial charge on any atom is -0.333 e. The molecule has 1 fully saturated rings. The lowest BCUT2D eigenvalue weighted by Gasteiger charge is -2.30. The van der Waals surface area contributed by atoms with Gasteiger partial charge in [-0.3, -0.25) is 10.1 Å². The molecule has 2 aromatic heterocycles. The molecule has 182 valence electrons. The van der Waals surface area contributed by atoms with Gasteiger partial charge in [0.15, 0.2) is 0 Å². The third kappa shape index (κ3) is 4.27. The highest BCUT2D eigenvalue weighted by molar-refractivity contribution is 5.76. The molecule has 4 aromatic rings. The monoisotopic (exact) mass is 478 g/mol. The first-order valence-electron chi connectivity index (χ1n) is 12.5. The fraction of sp³-hybridized carbons (Fsp3) is 0.276. The summed E-state index contributed by atoms with van der Waals surface area (Å²) >= 11 is 0. The molecule has 0 aliphatic carbocycles. The van der Waals surface area contributed by atoms with E-state index in [1.54, 1.807) is 12.4 Å². The third-order valence-electron chi connectivity index (χ3n) is 7.43. The number of fused-ring (bicyclic) bond motifs is 1. The maximum atomic E-state index is 13.5. The lowest BCUT2D eigenvalue weighted by Crippen LogP contribution is -2.48. The zero-order valence-corrected chi connectivity index (χ0v) is 20.4. The predicted octanol–water partition coefficient (Wildman–Crippen LogP) is 4.30. The lowest BCUT2D eigenvalue weighted by atomic mass is 9.87. The van der Waals surface area contributed by atoms with Crippen molar-refractivity contribution in [2.45, 2.75) is 24.9 Å². The number of aromatic nitrogens is 3. The number of nitrogens with one attached hydrogen (secondary N) is 2. The van der Waals surface area contributed by atoms with Gasteiger partial charge in [0.25, 0.3) is 0 Å². The number of urea groups is 1. The summed E-state index contributed by atoms with van der Waals surface area (Å²) in [5.74, 6) is 0.219. The van der Waals surface area contributed by atoms with Gasteiger partial charge in [0.05, 0.1) is 18.3 Å². The summed E-state index contributed by atoms with van der Waals surface area (Å²) in [4.78, 5) is 21.9. The van der Waals surface area contributed by atoms with Crippen molar-refractivity contribution in [2.75, 3.05) is 26.7 Å². The molecule has 1 saturated heterocycles. The molecule has 2 atom stereocenters.